The Labute approximate surface area is 118 Å². The Bertz CT molecular complexity index is 498. The van der Waals surface area contributed by atoms with Gasteiger partial charge in [0.1, 0.15) is 0 Å². The smallest absolute Gasteiger partial charge is 0.241 e. The van der Waals surface area contributed by atoms with Crippen molar-refractivity contribution >= 4 is 23.2 Å². The van der Waals surface area contributed by atoms with E-state index < -0.39 is 6.04 Å². The van der Waals surface area contributed by atoms with Crippen LogP contribution in [0.5, 0.6) is 0 Å². The Morgan fingerprint density at radius 3 is 2.55 bits per heavy atom. The summed E-state index contributed by atoms with van der Waals surface area (Å²) in [4.78, 5) is 23.5. The molecule has 1 atom stereocenters. The quantitative estimate of drug-likeness (QED) is 0.743. The largest absolute Gasteiger partial charge is 0.326 e. The molecule has 0 spiro atoms. The van der Waals surface area contributed by atoms with Crippen LogP contribution in [-0.4, -0.2) is 17.9 Å². The van der Waals surface area contributed by atoms with Crippen LogP contribution in [0, 0.1) is 5.92 Å². The van der Waals surface area contributed by atoms with E-state index in [9.17, 15) is 9.59 Å². The Hall–Kier alpha value is -1.88. The maximum absolute atomic E-state index is 11.8. The van der Waals surface area contributed by atoms with Gasteiger partial charge in [-0.15, -0.1) is 0 Å². The van der Waals surface area contributed by atoms with Gasteiger partial charge in [-0.3, -0.25) is 9.59 Å². The first-order chi connectivity index (χ1) is 9.60. The number of anilines is 2. The van der Waals surface area contributed by atoms with Crippen molar-refractivity contribution in [2.45, 2.75) is 38.6 Å². The lowest BCUT2D eigenvalue weighted by molar-refractivity contribution is -0.118. The highest BCUT2D eigenvalue weighted by molar-refractivity contribution is 5.97. The van der Waals surface area contributed by atoms with Crippen LogP contribution in [0.15, 0.2) is 24.3 Å². The molecule has 1 saturated carbocycles. The molecule has 4 N–H and O–H groups in total. The second kappa shape index (κ2) is 6.52. The van der Waals surface area contributed by atoms with Gasteiger partial charge in [-0.1, -0.05) is 19.4 Å². The highest BCUT2D eigenvalue weighted by Gasteiger charge is 2.29. The van der Waals surface area contributed by atoms with Crippen molar-refractivity contribution in [1.82, 2.24) is 0 Å². The standard InChI is InChI=1S/C15H21N3O2/c1-2-4-13(16)15(20)18-12-6-3-5-11(9-12)17-14(19)10-7-8-10/h3,5-6,9-10,13H,2,4,7-8,16H2,1H3,(H,17,19)(H,18,20)/t13-/m0/s1. The van der Waals surface area contributed by atoms with Crippen molar-refractivity contribution in [3.63, 3.8) is 0 Å². The van der Waals surface area contributed by atoms with Crippen LogP contribution in [0.3, 0.4) is 0 Å². The second-order valence-electron chi connectivity index (χ2n) is 5.23. The zero-order valence-corrected chi connectivity index (χ0v) is 11.7. The number of benzene rings is 1. The van der Waals surface area contributed by atoms with Crippen LogP contribution < -0.4 is 16.4 Å². The van der Waals surface area contributed by atoms with Crippen molar-refractivity contribution in [3.8, 4) is 0 Å². The summed E-state index contributed by atoms with van der Waals surface area (Å²) in [5.74, 6) is 0.0138. The van der Waals surface area contributed by atoms with Crippen LogP contribution in [0.1, 0.15) is 32.6 Å². The van der Waals surface area contributed by atoms with Gasteiger partial charge in [-0.05, 0) is 37.5 Å². The molecule has 0 bridgehead atoms. The summed E-state index contributed by atoms with van der Waals surface area (Å²) in [6, 6.07) is 6.63. The molecular formula is C15H21N3O2. The maximum atomic E-state index is 11.8. The minimum atomic E-state index is -0.496. The van der Waals surface area contributed by atoms with Crippen molar-refractivity contribution < 1.29 is 9.59 Å². The van der Waals surface area contributed by atoms with E-state index in [4.69, 9.17) is 5.73 Å². The Morgan fingerprint density at radius 1 is 1.30 bits per heavy atom. The zero-order chi connectivity index (χ0) is 14.5. The second-order valence-corrected chi connectivity index (χ2v) is 5.23. The molecule has 5 heteroatoms. The van der Waals surface area contributed by atoms with E-state index in [0.29, 0.717) is 17.8 Å². The molecule has 0 unspecified atom stereocenters. The van der Waals surface area contributed by atoms with Gasteiger partial charge in [0.25, 0.3) is 0 Å². The van der Waals surface area contributed by atoms with Crippen LogP contribution in [0.25, 0.3) is 0 Å². The fourth-order valence-electron chi connectivity index (χ4n) is 1.94. The van der Waals surface area contributed by atoms with Crippen LogP contribution in [0.2, 0.25) is 0 Å². The highest BCUT2D eigenvalue weighted by atomic mass is 16.2. The van der Waals surface area contributed by atoms with Crippen LogP contribution in [0.4, 0.5) is 11.4 Å². The number of amides is 2. The molecule has 1 aromatic rings. The first-order valence-corrected chi connectivity index (χ1v) is 7.07. The number of nitrogens with two attached hydrogens (primary N) is 1. The SMILES string of the molecule is CCC[C@H](N)C(=O)Nc1cccc(NC(=O)C2CC2)c1. The molecule has 5 nitrogen and oxygen atoms in total. The normalized spacial score (nSPS) is 15.5. The van der Waals surface area contributed by atoms with Crippen molar-refractivity contribution in [2.75, 3.05) is 10.6 Å². The summed E-state index contributed by atoms with van der Waals surface area (Å²) >= 11 is 0. The molecule has 1 aliphatic rings. The van der Waals surface area contributed by atoms with Gasteiger partial charge < -0.3 is 16.4 Å². The van der Waals surface area contributed by atoms with Crippen molar-refractivity contribution in [2.24, 2.45) is 11.7 Å². The van der Waals surface area contributed by atoms with Gasteiger partial charge in [0.05, 0.1) is 6.04 Å². The fraction of sp³-hybridized carbons (Fsp3) is 0.467. The van der Waals surface area contributed by atoms with Crippen LogP contribution >= 0.6 is 0 Å². The lowest BCUT2D eigenvalue weighted by Crippen LogP contribution is -2.35. The highest BCUT2D eigenvalue weighted by Crippen LogP contribution is 2.30. The summed E-state index contributed by atoms with van der Waals surface area (Å²) in [6.07, 6.45) is 3.46. The first-order valence-electron chi connectivity index (χ1n) is 7.07. The van der Waals surface area contributed by atoms with E-state index in [-0.39, 0.29) is 17.7 Å². The molecule has 2 amide bonds. The van der Waals surface area contributed by atoms with Gasteiger partial charge in [-0.2, -0.15) is 0 Å². The first kappa shape index (κ1) is 14.5. The third kappa shape index (κ3) is 4.06. The summed E-state index contributed by atoms with van der Waals surface area (Å²) in [6.45, 7) is 1.99. The monoisotopic (exact) mass is 275 g/mol. The van der Waals surface area contributed by atoms with E-state index in [1.165, 1.54) is 0 Å². The lowest BCUT2D eigenvalue weighted by atomic mass is 10.1. The molecule has 1 aromatic carbocycles. The average Bonchev–Trinajstić information content (AvgIpc) is 3.23. The molecule has 0 aliphatic heterocycles. The number of carbonyl (C=O) groups is 2. The van der Waals surface area contributed by atoms with Gasteiger partial charge >= 0.3 is 0 Å². The Morgan fingerprint density at radius 2 is 1.95 bits per heavy atom. The molecule has 20 heavy (non-hydrogen) atoms. The molecule has 0 radical (unpaired) electrons. The van der Waals surface area contributed by atoms with Crippen LogP contribution in [-0.2, 0) is 9.59 Å². The van der Waals surface area contributed by atoms with E-state index in [1.54, 1.807) is 18.2 Å². The summed E-state index contributed by atoms with van der Waals surface area (Å²) in [5.41, 5.74) is 7.11. The maximum Gasteiger partial charge on any atom is 0.241 e. The average molecular weight is 275 g/mol. The van der Waals surface area contributed by atoms with E-state index in [1.807, 2.05) is 13.0 Å². The van der Waals surface area contributed by atoms with Gasteiger partial charge in [0.2, 0.25) is 11.8 Å². The van der Waals surface area contributed by atoms with Crippen molar-refractivity contribution in [3.05, 3.63) is 24.3 Å². The minimum Gasteiger partial charge on any atom is -0.326 e. The Balaban J connectivity index is 1.94. The molecule has 108 valence electrons. The molecule has 0 heterocycles. The lowest BCUT2D eigenvalue weighted by Gasteiger charge is -2.12. The van der Waals surface area contributed by atoms with Gasteiger partial charge in [0.15, 0.2) is 0 Å². The summed E-state index contributed by atoms with van der Waals surface area (Å²) < 4.78 is 0. The predicted octanol–water partition coefficient (Wildman–Crippen LogP) is 2.10. The number of carbonyl (C=O) groups excluding carboxylic acids is 2. The molecular weight excluding hydrogens is 254 g/mol. The summed E-state index contributed by atoms with van der Waals surface area (Å²) in [5, 5.41) is 5.62. The number of nitrogens with one attached hydrogen (secondary N) is 2. The summed E-state index contributed by atoms with van der Waals surface area (Å²) in [7, 11) is 0. The van der Waals surface area contributed by atoms with E-state index in [2.05, 4.69) is 10.6 Å². The number of rotatable bonds is 6. The number of hydrogen-bond donors (Lipinski definition) is 3. The zero-order valence-electron chi connectivity index (χ0n) is 11.7. The molecule has 1 aliphatic carbocycles. The van der Waals surface area contributed by atoms with E-state index >= 15 is 0 Å². The molecule has 2 rings (SSSR count). The predicted molar refractivity (Wildman–Crippen MR) is 79.3 cm³/mol. The molecule has 0 aromatic heterocycles. The molecule has 0 saturated heterocycles. The number of hydrogen-bond acceptors (Lipinski definition) is 3. The third-order valence-corrected chi connectivity index (χ3v) is 3.28. The van der Waals surface area contributed by atoms with E-state index in [0.717, 1.165) is 19.3 Å². The van der Waals surface area contributed by atoms with Gasteiger partial charge in [-0.25, -0.2) is 0 Å². The van der Waals surface area contributed by atoms with Crippen molar-refractivity contribution in [1.29, 1.82) is 0 Å². The third-order valence-electron chi connectivity index (χ3n) is 3.28. The Kier molecular flexibility index (Phi) is 4.74. The minimum absolute atomic E-state index is 0.0520. The van der Waals surface area contributed by atoms with Gasteiger partial charge in [0, 0.05) is 17.3 Å². The fourth-order valence-corrected chi connectivity index (χ4v) is 1.94. The molecule has 1 fully saturated rings. The topological polar surface area (TPSA) is 84.2 Å².